The number of hydrogen-bond acceptors (Lipinski definition) is 3. The van der Waals surface area contributed by atoms with Gasteiger partial charge in [-0.25, -0.2) is 0 Å². The smallest absolute Gasteiger partial charge is 0.233 e. The highest BCUT2D eigenvalue weighted by atomic mass is 16.5. The normalized spacial score (nSPS) is 29.9. The molecule has 3 heterocycles. The molecule has 0 spiro atoms. The van der Waals surface area contributed by atoms with Gasteiger partial charge in [0.15, 0.2) is 0 Å². The molecule has 2 aromatic rings. The fourth-order valence-electron chi connectivity index (χ4n) is 4.82. The van der Waals surface area contributed by atoms with E-state index in [1.165, 1.54) is 0 Å². The molecule has 3 fully saturated rings. The number of para-hydroxylation sites is 1. The minimum atomic E-state index is -0.438. The summed E-state index contributed by atoms with van der Waals surface area (Å²) in [6.07, 6.45) is 2.17. The van der Waals surface area contributed by atoms with E-state index in [0.29, 0.717) is 19.4 Å². The molecule has 1 unspecified atom stereocenters. The molecule has 4 aliphatic rings. The second-order valence-electron chi connectivity index (χ2n) is 7.36. The molecule has 1 atom stereocenters. The van der Waals surface area contributed by atoms with Gasteiger partial charge in [0.1, 0.15) is 5.75 Å². The van der Waals surface area contributed by atoms with E-state index in [4.69, 9.17) is 4.74 Å². The Morgan fingerprint density at radius 3 is 2.56 bits per heavy atom. The van der Waals surface area contributed by atoms with Gasteiger partial charge in [-0.05, 0) is 30.4 Å². The van der Waals surface area contributed by atoms with E-state index >= 15 is 0 Å². The lowest BCUT2D eigenvalue weighted by atomic mass is 9.51. The van der Waals surface area contributed by atoms with E-state index in [1.54, 1.807) is 0 Å². The Labute approximate surface area is 146 Å². The summed E-state index contributed by atoms with van der Waals surface area (Å²) in [6.45, 7) is 0.606. The van der Waals surface area contributed by atoms with Crippen molar-refractivity contribution in [3.05, 3.63) is 54.1 Å². The van der Waals surface area contributed by atoms with E-state index in [2.05, 4.69) is 29.6 Å². The van der Waals surface area contributed by atoms with Crippen molar-refractivity contribution in [2.24, 2.45) is 11.3 Å². The molecule has 4 nitrogen and oxygen atoms in total. The second kappa shape index (κ2) is 5.19. The SMILES string of the molecule is O=C1NC(=O)C2(C3CCOc4c(-c5ccccc5)cccc43)CC1C2. The van der Waals surface area contributed by atoms with Gasteiger partial charge in [-0.1, -0.05) is 48.5 Å². The summed E-state index contributed by atoms with van der Waals surface area (Å²) < 4.78 is 6.05. The zero-order valence-corrected chi connectivity index (χ0v) is 13.8. The lowest BCUT2D eigenvalue weighted by Crippen LogP contribution is -2.64. The van der Waals surface area contributed by atoms with E-state index < -0.39 is 5.41 Å². The maximum Gasteiger partial charge on any atom is 0.233 e. The quantitative estimate of drug-likeness (QED) is 0.858. The van der Waals surface area contributed by atoms with E-state index in [1.807, 2.05) is 24.3 Å². The number of fused-ring (bicyclic) bond motifs is 3. The van der Waals surface area contributed by atoms with Crippen LogP contribution in [0.1, 0.15) is 30.7 Å². The van der Waals surface area contributed by atoms with Crippen molar-refractivity contribution < 1.29 is 14.3 Å². The Balaban J connectivity index is 1.60. The van der Waals surface area contributed by atoms with Gasteiger partial charge in [0.05, 0.1) is 12.0 Å². The number of carbonyl (C=O) groups is 2. The number of imide groups is 1. The van der Waals surface area contributed by atoms with Gasteiger partial charge in [-0.15, -0.1) is 0 Å². The average molecular weight is 333 g/mol. The van der Waals surface area contributed by atoms with Crippen LogP contribution < -0.4 is 10.1 Å². The summed E-state index contributed by atoms with van der Waals surface area (Å²) in [5.41, 5.74) is 2.86. The second-order valence-corrected chi connectivity index (χ2v) is 7.36. The maximum atomic E-state index is 12.7. The van der Waals surface area contributed by atoms with Crippen molar-refractivity contribution in [1.82, 2.24) is 5.32 Å². The molecule has 0 radical (unpaired) electrons. The Morgan fingerprint density at radius 2 is 1.80 bits per heavy atom. The first-order chi connectivity index (χ1) is 12.2. The van der Waals surface area contributed by atoms with E-state index in [9.17, 15) is 9.59 Å². The molecule has 3 aliphatic heterocycles. The van der Waals surface area contributed by atoms with Crippen molar-refractivity contribution in [3.8, 4) is 16.9 Å². The van der Waals surface area contributed by atoms with Gasteiger partial charge in [-0.2, -0.15) is 0 Å². The molecule has 2 aromatic carbocycles. The van der Waals surface area contributed by atoms with Crippen molar-refractivity contribution in [2.75, 3.05) is 6.61 Å². The molecule has 2 saturated heterocycles. The number of piperidine rings is 2. The van der Waals surface area contributed by atoms with Crippen LogP contribution in [0.5, 0.6) is 5.75 Å². The van der Waals surface area contributed by atoms with Crippen LogP contribution in [0.2, 0.25) is 0 Å². The molecule has 25 heavy (non-hydrogen) atoms. The number of ether oxygens (including phenoxy) is 1. The number of nitrogens with one attached hydrogen (secondary N) is 1. The largest absolute Gasteiger partial charge is 0.493 e. The van der Waals surface area contributed by atoms with Crippen molar-refractivity contribution >= 4 is 11.8 Å². The van der Waals surface area contributed by atoms with Gasteiger partial charge in [-0.3, -0.25) is 14.9 Å². The molecule has 2 amide bonds. The van der Waals surface area contributed by atoms with Crippen molar-refractivity contribution in [1.29, 1.82) is 0 Å². The molecular formula is C21H19NO3. The number of rotatable bonds is 2. The summed E-state index contributed by atoms with van der Waals surface area (Å²) in [5, 5.41) is 2.58. The predicted octanol–water partition coefficient (Wildman–Crippen LogP) is 3.27. The van der Waals surface area contributed by atoms with Crippen LogP contribution >= 0.6 is 0 Å². The third kappa shape index (κ3) is 2.00. The number of hydrogen-bond donors (Lipinski definition) is 1. The minimum absolute atomic E-state index is 0.00120. The molecular weight excluding hydrogens is 314 g/mol. The molecule has 1 N–H and O–H groups in total. The van der Waals surface area contributed by atoms with Crippen molar-refractivity contribution in [2.45, 2.75) is 25.2 Å². The zero-order chi connectivity index (χ0) is 17.0. The summed E-state index contributed by atoms with van der Waals surface area (Å²) >= 11 is 0. The van der Waals surface area contributed by atoms with Crippen LogP contribution in [0, 0.1) is 11.3 Å². The maximum absolute atomic E-state index is 12.7. The predicted molar refractivity (Wildman–Crippen MR) is 93.0 cm³/mol. The number of carbonyl (C=O) groups excluding carboxylic acids is 2. The highest BCUT2D eigenvalue weighted by molar-refractivity contribution is 6.05. The lowest BCUT2D eigenvalue weighted by Gasteiger charge is -2.54. The molecule has 1 saturated carbocycles. The van der Waals surface area contributed by atoms with Gasteiger partial charge >= 0.3 is 0 Å². The first-order valence-electron chi connectivity index (χ1n) is 8.85. The third-order valence-electron chi connectivity index (χ3n) is 6.11. The molecule has 2 bridgehead atoms. The fraction of sp³-hybridized carbons (Fsp3) is 0.333. The van der Waals surface area contributed by atoms with Crippen LogP contribution in [-0.2, 0) is 9.59 Å². The van der Waals surface area contributed by atoms with Crippen LogP contribution in [0.3, 0.4) is 0 Å². The fourth-order valence-corrected chi connectivity index (χ4v) is 4.82. The number of benzene rings is 2. The summed E-state index contributed by atoms with van der Waals surface area (Å²) in [5.74, 6) is 0.818. The Hall–Kier alpha value is -2.62. The minimum Gasteiger partial charge on any atom is -0.493 e. The van der Waals surface area contributed by atoms with Crippen LogP contribution in [0.15, 0.2) is 48.5 Å². The van der Waals surface area contributed by atoms with Gasteiger partial charge in [0.2, 0.25) is 11.8 Å². The van der Waals surface area contributed by atoms with Crippen molar-refractivity contribution in [3.63, 3.8) is 0 Å². The highest BCUT2D eigenvalue weighted by Gasteiger charge is 2.61. The monoisotopic (exact) mass is 333 g/mol. The first-order valence-corrected chi connectivity index (χ1v) is 8.85. The van der Waals surface area contributed by atoms with E-state index in [0.717, 1.165) is 28.9 Å². The Bertz CT molecular complexity index is 868. The summed E-state index contributed by atoms with van der Waals surface area (Å²) in [6, 6.07) is 16.4. The molecule has 0 aromatic heterocycles. The van der Waals surface area contributed by atoms with Gasteiger partial charge in [0, 0.05) is 17.4 Å². The molecule has 1 aliphatic carbocycles. The highest BCUT2D eigenvalue weighted by Crippen LogP contribution is 2.60. The first kappa shape index (κ1) is 14.7. The Morgan fingerprint density at radius 1 is 1.00 bits per heavy atom. The topological polar surface area (TPSA) is 55.4 Å². The van der Waals surface area contributed by atoms with Gasteiger partial charge in [0.25, 0.3) is 0 Å². The molecule has 6 rings (SSSR count). The van der Waals surface area contributed by atoms with Crippen LogP contribution in [0.25, 0.3) is 11.1 Å². The lowest BCUT2D eigenvalue weighted by molar-refractivity contribution is -0.162. The summed E-state index contributed by atoms with van der Waals surface area (Å²) in [7, 11) is 0. The van der Waals surface area contributed by atoms with Crippen LogP contribution in [-0.4, -0.2) is 18.4 Å². The standard InChI is InChI=1S/C21H19NO3/c23-19-14-11-21(12-14,20(24)22-19)17-9-10-25-18-15(7-4-8-16(17)18)13-5-2-1-3-6-13/h1-8,14,17H,9-12H2,(H,22,23,24). The zero-order valence-electron chi connectivity index (χ0n) is 13.8. The van der Waals surface area contributed by atoms with E-state index in [-0.39, 0.29) is 23.7 Å². The van der Waals surface area contributed by atoms with Gasteiger partial charge < -0.3 is 4.74 Å². The molecule has 126 valence electrons. The van der Waals surface area contributed by atoms with Crippen LogP contribution in [0.4, 0.5) is 0 Å². The summed E-state index contributed by atoms with van der Waals surface area (Å²) in [4.78, 5) is 24.5. The number of amides is 2. The third-order valence-corrected chi connectivity index (χ3v) is 6.11. The average Bonchev–Trinajstić information content (AvgIpc) is 2.60. The molecule has 4 heteroatoms. The Kier molecular flexibility index (Phi) is 3.05.